The molecule has 0 radical (unpaired) electrons. The third-order valence-corrected chi connectivity index (χ3v) is 6.10. The molecular weight excluding hydrogens is 334 g/mol. The highest BCUT2D eigenvalue weighted by atomic mass is 32.2. The molecule has 6 heteroatoms. The predicted molar refractivity (Wildman–Crippen MR) is 103 cm³/mol. The van der Waals surface area contributed by atoms with E-state index in [0.717, 1.165) is 24.1 Å². The molecular formula is C19H27N3O2S. The molecule has 0 aliphatic carbocycles. The van der Waals surface area contributed by atoms with Gasteiger partial charge in [0.05, 0.1) is 11.5 Å². The fourth-order valence-corrected chi connectivity index (χ4v) is 4.45. The standard InChI is InChI=1S/C19H27N3O2S/c1-13-3-5-14(6-4-13)21-18(23)11-25-12-19(24)22(2)17-9-15-7-8-16(10-17)20-15/h3-6,15-17,20H,7-12H2,1-2H3,(H,21,23). The number of hydrogen-bond donors (Lipinski definition) is 2. The zero-order chi connectivity index (χ0) is 17.8. The van der Waals surface area contributed by atoms with Crippen LogP contribution in [-0.2, 0) is 9.59 Å². The Morgan fingerprint density at radius 2 is 1.80 bits per heavy atom. The second-order valence-electron chi connectivity index (χ2n) is 7.17. The van der Waals surface area contributed by atoms with Crippen molar-refractivity contribution in [2.24, 2.45) is 0 Å². The Balaban J connectivity index is 1.38. The van der Waals surface area contributed by atoms with Crippen molar-refractivity contribution in [2.75, 3.05) is 23.9 Å². The van der Waals surface area contributed by atoms with E-state index in [0.29, 0.717) is 29.6 Å². The van der Waals surface area contributed by atoms with Crippen LogP contribution in [0.1, 0.15) is 31.2 Å². The number of benzene rings is 1. The van der Waals surface area contributed by atoms with Crippen LogP contribution in [0, 0.1) is 6.92 Å². The summed E-state index contributed by atoms with van der Waals surface area (Å²) in [5, 5.41) is 6.47. The number of amides is 2. The minimum Gasteiger partial charge on any atom is -0.342 e. The lowest BCUT2D eigenvalue weighted by atomic mass is 9.98. The molecule has 136 valence electrons. The van der Waals surface area contributed by atoms with Crippen molar-refractivity contribution in [1.29, 1.82) is 0 Å². The number of thioether (sulfide) groups is 1. The number of aryl methyl sites for hydroxylation is 1. The monoisotopic (exact) mass is 361 g/mol. The van der Waals surface area contributed by atoms with E-state index in [9.17, 15) is 9.59 Å². The molecule has 1 aromatic rings. The van der Waals surface area contributed by atoms with Crippen LogP contribution in [0.4, 0.5) is 5.69 Å². The van der Waals surface area contributed by atoms with Gasteiger partial charge in [0, 0.05) is 30.9 Å². The summed E-state index contributed by atoms with van der Waals surface area (Å²) in [6.07, 6.45) is 4.57. The summed E-state index contributed by atoms with van der Waals surface area (Å²) < 4.78 is 0. The Morgan fingerprint density at radius 1 is 1.16 bits per heavy atom. The van der Waals surface area contributed by atoms with Crippen LogP contribution in [0.2, 0.25) is 0 Å². The van der Waals surface area contributed by atoms with Crippen molar-refractivity contribution >= 4 is 29.3 Å². The van der Waals surface area contributed by atoms with Gasteiger partial charge < -0.3 is 15.5 Å². The minimum absolute atomic E-state index is 0.0655. The number of carbonyl (C=O) groups excluding carboxylic acids is 2. The number of rotatable bonds is 6. The number of hydrogen-bond acceptors (Lipinski definition) is 4. The van der Waals surface area contributed by atoms with Gasteiger partial charge in [-0.2, -0.15) is 0 Å². The predicted octanol–water partition coefficient (Wildman–Crippen LogP) is 2.41. The number of nitrogens with zero attached hydrogens (tertiary/aromatic N) is 1. The van der Waals surface area contributed by atoms with Gasteiger partial charge in [0.2, 0.25) is 11.8 Å². The van der Waals surface area contributed by atoms with Crippen LogP contribution < -0.4 is 10.6 Å². The van der Waals surface area contributed by atoms with Gasteiger partial charge >= 0.3 is 0 Å². The number of fused-ring (bicyclic) bond motifs is 2. The third-order valence-electron chi connectivity index (χ3n) is 5.18. The van der Waals surface area contributed by atoms with Gasteiger partial charge in [0.1, 0.15) is 0 Å². The van der Waals surface area contributed by atoms with E-state index in [4.69, 9.17) is 0 Å². The number of anilines is 1. The first-order valence-corrected chi connectivity index (χ1v) is 10.1. The zero-order valence-corrected chi connectivity index (χ0v) is 15.8. The maximum absolute atomic E-state index is 12.4. The lowest BCUT2D eigenvalue weighted by Crippen LogP contribution is -2.49. The lowest BCUT2D eigenvalue weighted by Gasteiger charge is -2.35. The molecule has 3 rings (SSSR count). The lowest BCUT2D eigenvalue weighted by molar-refractivity contribution is -0.129. The second kappa shape index (κ2) is 8.23. The number of nitrogens with one attached hydrogen (secondary N) is 2. The Bertz CT molecular complexity index is 608. The van der Waals surface area contributed by atoms with E-state index < -0.39 is 0 Å². The summed E-state index contributed by atoms with van der Waals surface area (Å²) >= 11 is 1.38. The van der Waals surface area contributed by atoms with E-state index in [1.807, 2.05) is 43.1 Å². The molecule has 2 aliphatic heterocycles. The quantitative estimate of drug-likeness (QED) is 0.817. The molecule has 2 fully saturated rings. The van der Waals surface area contributed by atoms with Crippen LogP contribution >= 0.6 is 11.8 Å². The summed E-state index contributed by atoms with van der Waals surface area (Å²) in [7, 11) is 1.91. The van der Waals surface area contributed by atoms with Crippen LogP contribution in [0.25, 0.3) is 0 Å². The fraction of sp³-hybridized carbons (Fsp3) is 0.579. The molecule has 2 N–H and O–H groups in total. The van der Waals surface area contributed by atoms with E-state index in [1.54, 1.807) is 0 Å². The molecule has 1 aromatic carbocycles. The fourth-order valence-electron chi connectivity index (χ4n) is 3.71. The van der Waals surface area contributed by atoms with E-state index in [2.05, 4.69) is 10.6 Å². The second-order valence-corrected chi connectivity index (χ2v) is 8.16. The average Bonchev–Trinajstić information content (AvgIpc) is 2.94. The van der Waals surface area contributed by atoms with Crippen LogP contribution in [0.15, 0.2) is 24.3 Å². The molecule has 0 aromatic heterocycles. The van der Waals surface area contributed by atoms with Crippen molar-refractivity contribution in [1.82, 2.24) is 10.2 Å². The molecule has 2 bridgehead atoms. The van der Waals surface area contributed by atoms with Crippen molar-refractivity contribution in [3.05, 3.63) is 29.8 Å². The summed E-state index contributed by atoms with van der Waals surface area (Å²) in [6.45, 7) is 2.01. The van der Waals surface area contributed by atoms with Crippen molar-refractivity contribution in [3.8, 4) is 0 Å². The van der Waals surface area contributed by atoms with Gasteiger partial charge in [-0.15, -0.1) is 11.8 Å². The van der Waals surface area contributed by atoms with Gasteiger partial charge in [-0.1, -0.05) is 17.7 Å². The molecule has 0 spiro atoms. The van der Waals surface area contributed by atoms with E-state index >= 15 is 0 Å². The Kier molecular flexibility index (Phi) is 6.02. The number of carbonyl (C=O) groups is 2. The summed E-state index contributed by atoms with van der Waals surface area (Å²) in [5.74, 6) is 0.714. The molecule has 2 amide bonds. The largest absolute Gasteiger partial charge is 0.342 e. The van der Waals surface area contributed by atoms with Crippen LogP contribution in [-0.4, -0.2) is 53.4 Å². The zero-order valence-electron chi connectivity index (χ0n) is 15.0. The van der Waals surface area contributed by atoms with Gasteiger partial charge in [-0.25, -0.2) is 0 Å². The molecule has 2 saturated heterocycles. The van der Waals surface area contributed by atoms with Crippen LogP contribution in [0.3, 0.4) is 0 Å². The Labute approximate surface area is 153 Å². The van der Waals surface area contributed by atoms with Gasteiger partial charge in [0.25, 0.3) is 0 Å². The maximum Gasteiger partial charge on any atom is 0.234 e. The Morgan fingerprint density at radius 3 is 2.44 bits per heavy atom. The topological polar surface area (TPSA) is 61.4 Å². The molecule has 2 unspecified atom stereocenters. The van der Waals surface area contributed by atoms with Crippen molar-refractivity contribution in [2.45, 2.75) is 50.7 Å². The number of piperidine rings is 1. The maximum atomic E-state index is 12.4. The molecule has 2 heterocycles. The SMILES string of the molecule is Cc1ccc(NC(=O)CSCC(=O)N(C)C2CC3CCC(C2)N3)cc1. The molecule has 2 aliphatic rings. The molecule has 0 saturated carbocycles. The van der Waals surface area contributed by atoms with Gasteiger partial charge in [-0.3, -0.25) is 9.59 Å². The first kappa shape index (κ1) is 18.3. The van der Waals surface area contributed by atoms with E-state index in [1.165, 1.54) is 24.6 Å². The highest BCUT2D eigenvalue weighted by Crippen LogP contribution is 2.29. The highest BCUT2D eigenvalue weighted by molar-refractivity contribution is 8.00. The molecule has 5 nitrogen and oxygen atoms in total. The van der Waals surface area contributed by atoms with Gasteiger partial charge in [-0.05, 0) is 44.7 Å². The third kappa shape index (κ3) is 4.98. The minimum atomic E-state index is -0.0655. The summed E-state index contributed by atoms with van der Waals surface area (Å²) in [4.78, 5) is 26.3. The highest BCUT2D eigenvalue weighted by Gasteiger charge is 2.36. The van der Waals surface area contributed by atoms with Crippen molar-refractivity contribution in [3.63, 3.8) is 0 Å². The average molecular weight is 362 g/mol. The van der Waals surface area contributed by atoms with Crippen LogP contribution in [0.5, 0.6) is 0 Å². The summed E-state index contributed by atoms with van der Waals surface area (Å²) in [5.41, 5.74) is 1.96. The summed E-state index contributed by atoms with van der Waals surface area (Å²) in [6, 6.07) is 9.21. The first-order valence-electron chi connectivity index (χ1n) is 8.97. The van der Waals surface area contributed by atoms with E-state index in [-0.39, 0.29) is 11.8 Å². The molecule has 25 heavy (non-hydrogen) atoms. The van der Waals surface area contributed by atoms with Crippen molar-refractivity contribution < 1.29 is 9.59 Å². The van der Waals surface area contributed by atoms with Gasteiger partial charge in [0.15, 0.2) is 0 Å². The smallest absolute Gasteiger partial charge is 0.234 e. The Hall–Kier alpha value is -1.53. The molecule has 2 atom stereocenters. The first-order chi connectivity index (χ1) is 12.0. The normalized spacial score (nSPS) is 24.8.